The van der Waals surface area contributed by atoms with Crippen LogP contribution in [0.25, 0.3) is 0 Å². The maximum atomic E-state index is 10.2. The van der Waals surface area contributed by atoms with Gasteiger partial charge in [-0.3, -0.25) is 0 Å². The number of nitrogens with zero attached hydrogens (tertiary/aromatic N) is 2. The predicted octanol–water partition coefficient (Wildman–Crippen LogP) is 3.01. The summed E-state index contributed by atoms with van der Waals surface area (Å²) in [5.41, 5.74) is 1.79. The van der Waals surface area contributed by atoms with E-state index in [1.165, 1.54) is 7.11 Å². The first-order valence-electron chi connectivity index (χ1n) is 8.56. The summed E-state index contributed by atoms with van der Waals surface area (Å²) < 4.78 is 10.6. The van der Waals surface area contributed by atoms with E-state index in [0.717, 1.165) is 23.8 Å². The molecule has 0 unspecified atom stereocenters. The zero-order valence-corrected chi connectivity index (χ0v) is 15.8. The zero-order valence-electron chi connectivity index (χ0n) is 15.8. The number of phenolic OH excluding ortho intramolecular Hbond substituents is 1. The van der Waals surface area contributed by atoms with Crippen LogP contribution < -0.4 is 14.8 Å². The topological polar surface area (TPSA) is 66.3 Å². The molecule has 0 amide bonds. The Kier molecular flexibility index (Phi) is 7.14. The highest BCUT2D eigenvalue weighted by Gasteiger charge is 2.11. The van der Waals surface area contributed by atoms with E-state index in [0.29, 0.717) is 24.4 Å². The van der Waals surface area contributed by atoms with Crippen molar-refractivity contribution >= 4 is 5.96 Å². The highest BCUT2D eigenvalue weighted by Crippen LogP contribution is 2.29. The second-order valence-electron chi connectivity index (χ2n) is 5.81. The number of ether oxygens (including phenoxy) is 2. The normalized spacial score (nSPS) is 11.2. The minimum Gasteiger partial charge on any atom is -0.504 e. The Balaban J connectivity index is 2.18. The lowest BCUT2D eigenvalue weighted by atomic mass is 10.2. The Morgan fingerprint density at radius 1 is 1.04 bits per heavy atom. The standard InChI is InChI=1S/C20H27N3O3/c1-5-21-20(22-13-15-10-8-12-18(26-4)19(15)24)23(2)14-16-9-6-7-11-17(16)25-3/h6-12,24H,5,13-14H2,1-4H3,(H,21,22). The van der Waals surface area contributed by atoms with Crippen LogP contribution in [-0.2, 0) is 13.1 Å². The van der Waals surface area contributed by atoms with Gasteiger partial charge in [0.2, 0.25) is 0 Å². The maximum absolute atomic E-state index is 10.2. The van der Waals surface area contributed by atoms with Crippen LogP contribution in [0, 0.1) is 0 Å². The number of guanidine groups is 1. The van der Waals surface area contributed by atoms with Gasteiger partial charge in [-0.05, 0) is 19.1 Å². The third-order valence-corrected chi connectivity index (χ3v) is 4.00. The summed E-state index contributed by atoms with van der Waals surface area (Å²) >= 11 is 0. The molecule has 0 saturated heterocycles. The lowest BCUT2D eigenvalue weighted by molar-refractivity contribution is 0.370. The van der Waals surface area contributed by atoms with Crippen LogP contribution in [0.2, 0.25) is 0 Å². The van der Waals surface area contributed by atoms with Gasteiger partial charge in [0.05, 0.1) is 20.8 Å². The molecule has 6 nitrogen and oxygen atoms in total. The van der Waals surface area contributed by atoms with Gasteiger partial charge in [0.25, 0.3) is 0 Å². The van der Waals surface area contributed by atoms with Crippen LogP contribution in [0.5, 0.6) is 17.2 Å². The lowest BCUT2D eigenvalue weighted by Crippen LogP contribution is -2.38. The van der Waals surface area contributed by atoms with Gasteiger partial charge in [-0.2, -0.15) is 0 Å². The van der Waals surface area contributed by atoms with Crippen molar-refractivity contribution < 1.29 is 14.6 Å². The van der Waals surface area contributed by atoms with Crippen molar-refractivity contribution in [1.82, 2.24) is 10.2 Å². The fraction of sp³-hybridized carbons (Fsp3) is 0.350. The van der Waals surface area contributed by atoms with Crippen LogP contribution in [0.4, 0.5) is 0 Å². The quantitative estimate of drug-likeness (QED) is 0.589. The first kappa shape index (κ1) is 19.4. The van der Waals surface area contributed by atoms with Gasteiger partial charge in [-0.15, -0.1) is 0 Å². The number of methoxy groups -OCH3 is 2. The Hall–Kier alpha value is -2.89. The number of hydrogen-bond donors (Lipinski definition) is 2. The van der Waals surface area contributed by atoms with Crippen molar-refractivity contribution in [3.05, 3.63) is 53.6 Å². The first-order valence-corrected chi connectivity index (χ1v) is 8.56. The molecule has 2 aromatic rings. The maximum Gasteiger partial charge on any atom is 0.194 e. The van der Waals surface area contributed by atoms with E-state index in [1.807, 2.05) is 55.3 Å². The first-order chi connectivity index (χ1) is 12.6. The van der Waals surface area contributed by atoms with E-state index < -0.39 is 0 Å². The molecule has 2 N–H and O–H groups in total. The largest absolute Gasteiger partial charge is 0.504 e. The minimum absolute atomic E-state index is 0.127. The third-order valence-electron chi connectivity index (χ3n) is 4.00. The Bertz CT molecular complexity index is 747. The summed E-state index contributed by atoms with van der Waals surface area (Å²) in [7, 11) is 5.18. The highest BCUT2D eigenvalue weighted by atomic mass is 16.5. The molecular weight excluding hydrogens is 330 g/mol. The van der Waals surface area contributed by atoms with Crippen molar-refractivity contribution in [2.75, 3.05) is 27.8 Å². The molecular formula is C20H27N3O3. The van der Waals surface area contributed by atoms with E-state index in [2.05, 4.69) is 10.3 Å². The van der Waals surface area contributed by atoms with Crippen LogP contribution in [0.3, 0.4) is 0 Å². The van der Waals surface area contributed by atoms with Crippen molar-refractivity contribution in [1.29, 1.82) is 0 Å². The average molecular weight is 357 g/mol. The van der Waals surface area contributed by atoms with Crippen molar-refractivity contribution in [2.24, 2.45) is 4.99 Å². The van der Waals surface area contributed by atoms with Gasteiger partial charge in [-0.1, -0.05) is 30.3 Å². The molecule has 0 bridgehead atoms. The fourth-order valence-electron chi connectivity index (χ4n) is 2.65. The van der Waals surface area contributed by atoms with Gasteiger partial charge in [-0.25, -0.2) is 4.99 Å². The number of phenols is 1. The molecule has 0 aliphatic rings. The molecule has 0 spiro atoms. The van der Waals surface area contributed by atoms with E-state index in [9.17, 15) is 5.11 Å². The molecule has 0 saturated carbocycles. The molecule has 6 heteroatoms. The fourth-order valence-corrected chi connectivity index (χ4v) is 2.65. The van der Waals surface area contributed by atoms with Crippen LogP contribution in [0.1, 0.15) is 18.1 Å². The predicted molar refractivity (Wildman–Crippen MR) is 104 cm³/mol. The second kappa shape index (κ2) is 9.56. The summed E-state index contributed by atoms with van der Waals surface area (Å²) in [4.78, 5) is 6.67. The van der Waals surface area contributed by atoms with Gasteiger partial charge < -0.3 is 24.8 Å². The smallest absolute Gasteiger partial charge is 0.194 e. The molecule has 0 fully saturated rings. The SMILES string of the molecule is CCNC(=NCc1cccc(OC)c1O)N(C)Cc1ccccc1OC. The molecule has 2 rings (SSSR count). The summed E-state index contributed by atoms with van der Waals surface area (Å²) in [6, 6.07) is 13.3. The van der Waals surface area contributed by atoms with E-state index in [1.54, 1.807) is 13.2 Å². The number of rotatable bonds is 7. The van der Waals surface area contributed by atoms with Gasteiger partial charge >= 0.3 is 0 Å². The summed E-state index contributed by atoms with van der Waals surface area (Å²) in [6.07, 6.45) is 0. The minimum atomic E-state index is 0.127. The van der Waals surface area contributed by atoms with E-state index >= 15 is 0 Å². The summed E-state index contributed by atoms with van der Waals surface area (Å²) in [5, 5.41) is 13.5. The number of benzene rings is 2. The van der Waals surface area contributed by atoms with Crippen LogP contribution in [-0.4, -0.2) is 43.8 Å². The number of aliphatic imine (C=N–C) groups is 1. The second-order valence-corrected chi connectivity index (χ2v) is 5.81. The van der Waals surface area contributed by atoms with E-state index in [-0.39, 0.29) is 5.75 Å². The number of nitrogens with one attached hydrogen (secondary N) is 1. The summed E-state index contributed by atoms with van der Waals surface area (Å²) in [6.45, 7) is 3.77. The number of aromatic hydroxyl groups is 1. The van der Waals surface area contributed by atoms with Crippen molar-refractivity contribution in [2.45, 2.75) is 20.0 Å². The van der Waals surface area contributed by atoms with Gasteiger partial charge in [0.1, 0.15) is 5.75 Å². The number of para-hydroxylation sites is 2. The highest BCUT2D eigenvalue weighted by molar-refractivity contribution is 5.79. The Labute approximate surface area is 155 Å². The average Bonchev–Trinajstić information content (AvgIpc) is 2.66. The Morgan fingerprint density at radius 3 is 2.38 bits per heavy atom. The van der Waals surface area contributed by atoms with Crippen LogP contribution >= 0.6 is 0 Å². The van der Waals surface area contributed by atoms with E-state index in [4.69, 9.17) is 9.47 Å². The van der Waals surface area contributed by atoms with Crippen molar-refractivity contribution in [3.63, 3.8) is 0 Å². The lowest BCUT2D eigenvalue weighted by Gasteiger charge is -2.23. The van der Waals surface area contributed by atoms with Crippen LogP contribution in [0.15, 0.2) is 47.5 Å². The monoisotopic (exact) mass is 357 g/mol. The molecule has 140 valence electrons. The molecule has 26 heavy (non-hydrogen) atoms. The molecule has 0 heterocycles. The Morgan fingerprint density at radius 2 is 1.69 bits per heavy atom. The molecule has 0 aromatic heterocycles. The molecule has 0 radical (unpaired) electrons. The third kappa shape index (κ3) is 4.81. The van der Waals surface area contributed by atoms with Gasteiger partial charge in [0.15, 0.2) is 17.5 Å². The molecule has 0 aliphatic heterocycles. The summed E-state index contributed by atoms with van der Waals surface area (Å²) in [5.74, 6) is 2.17. The molecule has 0 aliphatic carbocycles. The number of hydrogen-bond acceptors (Lipinski definition) is 4. The van der Waals surface area contributed by atoms with Gasteiger partial charge in [0, 0.05) is 31.3 Å². The van der Waals surface area contributed by atoms with Crippen molar-refractivity contribution in [3.8, 4) is 17.2 Å². The zero-order chi connectivity index (χ0) is 18.9. The molecule has 2 aromatic carbocycles. The molecule has 0 atom stereocenters.